The molecule has 1 nitrogen and oxygen atoms in total. The van der Waals surface area contributed by atoms with Crippen molar-refractivity contribution in [1.29, 1.82) is 0 Å². The largest absolute Gasteiger partial charge is 0.316 e. The minimum Gasteiger partial charge on any atom is -0.316 e. The molecule has 2 aliphatic rings. The standard InChI is InChI=1S/C10H17N/c1-8-2-3-9-4-5-11-7-10(9)6-8/h2,9-11H,3-7H2,1H3. The van der Waals surface area contributed by atoms with Crippen LogP contribution in [-0.4, -0.2) is 13.1 Å². The second-order valence-electron chi connectivity index (χ2n) is 4.00. The first kappa shape index (κ1) is 7.35. The van der Waals surface area contributed by atoms with E-state index in [1.54, 1.807) is 5.57 Å². The molecule has 1 heterocycles. The maximum Gasteiger partial charge on any atom is -0.00147 e. The zero-order chi connectivity index (χ0) is 7.68. The first-order chi connectivity index (χ1) is 5.36. The van der Waals surface area contributed by atoms with Crippen LogP contribution in [0.25, 0.3) is 0 Å². The van der Waals surface area contributed by atoms with Gasteiger partial charge in [0.15, 0.2) is 0 Å². The molecule has 0 spiro atoms. The van der Waals surface area contributed by atoms with Gasteiger partial charge >= 0.3 is 0 Å². The van der Waals surface area contributed by atoms with Crippen LogP contribution in [0.15, 0.2) is 11.6 Å². The lowest BCUT2D eigenvalue weighted by molar-refractivity contribution is 0.243. The van der Waals surface area contributed by atoms with Gasteiger partial charge in [0.25, 0.3) is 0 Å². The number of rotatable bonds is 0. The van der Waals surface area contributed by atoms with Crippen LogP contribution in [0.5, 0.6) is 0 Å². The lowest BCUT2D eigenvalue weighted by atomic mass is 9.76. The molecule has 0 aromatic heterocycles. The third-order valence-electron chi connectivity index (χ3n) is 3.12. The lowest BCUT2D eigenvalue weighted by Crippen LogP contribution is -2.37. The Bertz CT molecular complexity index is 172. The van der Waals surface area contributed by atoms with Crippen LogP contribution in [-0.2, 0) is 0 Å². The second kappa shape index (κ2) is 2.98. The summed E-state index contributed by atoms with van der Waals surface area (Å²) >= 11 is 0. The van der Waals surface area contributed by atoms with E-state index in [9.17, 15) is 0 Å². The van der Waals surface area contributed by atoms with E-state index in [-0.39, 0.29) is 0 Å². The summed E-state index contributed by atoms with van der Waals surface area (Å²) in [6.07, 6.45) is 6.52. The van der Waals surface area contributed by atoms with E-state index in [4.69, 9.17) is 0 Å². The summed E-state index contributed by atoms with van der Waals surface area (Å²) in [6, 6.07) is 0. The van der Waals surface area contributed by atoms with Gasteiger partial charge < -0.3 is 5.32 Å². The summed E-state index contributed by atoms with van der Waals surface area (Å²) < 4.78 is 0. The van der Waals surface area contributed by atoms with E-state index >= 15 is 0 Å². The van der Waals surface area contributed by atoms with Crippen LogP contribution >= 0.6 is 0 Å². The Morgan fingerprint density at radius 2 is 2.36 bits per heavy atom. The number of hydrogen-bond acceptors (Lipinski definition) is 1. The Hall–Kier alpha value is -0.300. The van der Waals surface area contributed by atoms with Gasteiger partial charge in [0.2, 0.25) is 0 Å². The van der Waals surface area contributed by atoms with Crippen LogP contribution < -0.4 is 5.32 Å². The number of hydrogen-bond donors (Lipinski definition) is 1. The SMILES string of the molecule is CC1=CCC2CCNCC2C1. The topological polar surface area (TPSA) is 12.0 Å². The molecule has 1 saturated heterocycles. The van der Waals surface area contributed by atoms with Crippen molar-refractivity contribution >= 4 is 0 Å². The molecule has 11 heavy (non-hydrogen) atoms. The summed E-state index contributed by atoms with van der Waals surface area (Å²) in [4.78, 5) is 0. The molecule has 1 fully saturated rings. The summed E-state index contributed by atoms with van der Waals surface area (Å²) in [6.45, 7) is 4.77. The van der Waals surface area contributed by atoms with Crippen molar-refractivity contribution in [2.24, 2.45) is 11.8 Å². The summed E-state index contributed by atoms with van der Waals surface area (Å²) in [5.74, 6) is 1.95. The maximum absolute atomic E-state index is 3.48. The monoisotopic (exact) mass is 151 g/mol. The molecule has 0 bridgehead atoms. The van der Waals surface area contributed by atoms with Crippen molar-refractivity contribution < 1.29 is 0 Å². The maximum atomic E-state index is 3.48. The second-order valence-corrected chi connectivity index (χ2v) is 4.00. The van der Waals surface area contributed by atoms with Gasteiger partial charge in [0, 0.05) is 0 Å². The molecule has 1 N–H and O–H groups in total. The van der Waals surface area contributed by atoms with Gasteiger partial charge in [-0.25, -0.2) is 0 Å². The highest BCUT2D eigenvalue weighted by molar-refractivity contribution is 5.06. The molecule has 0 saturated carbocycles. The smallest absolute Gasteiger partial charge is 0.00147 e. The van der Waals surface area contributed by atoms with Gasteiger partial charge in [0.05, 0.1) is 0 Å². The molecule has 0 amide bonds. The molecule has 1 aliphatic carbocycles. The van der Waals surface area contributed by atoms with E-state index in [1.165, 1.54) is 32.4 Å². The molecule has 2 rings (SSSR count). The average Bonchev–Trinajstić information content (AvgIpc) is 2.04. The van der Waals surface area contributed by atoms with Crippen LogP contribution in [0.4, 0.5) is 0 Å². The van der Waals surface area contributed by atoms with Gasteiger partial charge in [-0.2, -0.15) is 0 Å². The fourth-order valence-corrected chi connectivity index (χ4v) is 2.38. The number of allylic oxidation sites excluding steroid dienone is 2. The third kappa shape index (κ3) is 1.48. The first-order valence-corrected chi connectivity index (χ1v) is 4.72. The zero-order valence-electron chi connectivity index (χ0n) is 7.27. The number of nitrogens with one attached hydrogen (secondary N) is 1. The summed E-state index contributed by atoms with van der Waals surface area (Å²) in [5.41, 5.74) is 1.61. The third-order valence-corrected chi connectivity index (χ3v) is 3.12. The molecule has 0 radical (unpaired) electrons. The van der Waals surface area contributed by atoms with Gasteiger partial charge in [-0.3, -0.25) is 0 Å². The Morgan fingerprint density at radius 3 is 3.27 bits per heavy atom. The molecular formula is C10H17N. The molecule has 0 aromatic rings. The molecule has 0 aromatic carbocycles. The van der Waals surface area contributed by atoms with Crippen LogP contribution in [0, 0.1) is 11.8 Å². The minimum absolute atomic E-state index is 0.953. The fourth-order valence-electron chi connectivity index (χ4n) is 2.38. The van der Waals surface area contributed by atoms with E-state index < -0.39 is 0 Å². The Labute approximate surface area is 68.9 Å². The summed E-state index contributed by atoms with van der Waals surface area (Å²) in [7, 11) is 0. The van der Waals surface area contributed by atoms with Gasteiger partial charge in [0.1, 0.15) is 0 Å². The summed E-state index contributed by atoms with van der Waals surface area (Å²) in [5, 5.41) is 3.48. The van der Waals surface area contributed by atoms with Crippen LogP contribution in [0.3, 0.4) is 0 Å². The average molecular weight is 151 g/mol. The first-order valence-electron chi connectivity index (χ1n) is 4.72. The highest BCUT2D eigenvalue weighted by atomic mass is 14.9. The molecule has 1 heteroatoms. The molecule has 2 unspecified atom stereocenters. The van der Waals surface area contributed by atoms with E-state index in [0.29, 0.717) is 0 Å². The molecular weight excluding hydrogens is 134 g/mol. The quantitative estimate of drug-likeness (QED) is 0.522. The lowest BCUT2D eigenvalue weighted by Gasteiger charge is -2.34. The number of piperidine rings is 1. The van der Waals surface area contributed by atoms with Crippen LogP contribution in [0.2, 0.25) is 0 Å². The van der Waals surface area contributed by atoms with E-state index in [2.05, 4.69) is 18.3 Å². The van der Waals surface area contributed by atoms with Crippen LogP contribution in [0.1, 0.15) is 26.2 Å². The van der Waals surface area contributed by atoms with Gasteiger partial charge in [-0.15, -0.1) is 0 Å². The molecule has 1 aliphatic heterocycles. The van der Waals surface area contributed by atoms with Crippen molar-refractivity contribution in [3.8, 4) is 0 Å². The highest BCUT2D eigenvalue weighted by Crippen LogP contribution is 2.32. The zero-order valence-corrected chi connectivity index (χ0v) is 7.27. The van der Waals surface area contributed by atoms with Gasteiger partial charge in [-0.1, -0.05) is 11.6 Å². The van der Waals surface area contributed by atoms with Crippen molar-refractivity contribution in [1.82, 2.24) is 5.32 Å². The van der Waals surface area contributed by atoms with Crippen molar-refractivity contribution in [3.05, 3.63) is 11.6 Å². The predicted molar refractivity (Wildman–Crippen MR) is 47.5 cm³/mol. The van der Waals surface area contributed by atoms with E-state index in [0.717, 1.165) is 11.8 Å². The Balaban J connectivity index is 2.04. The van der Waals surface area contributed by atoms with Crippen molar-refractivity contribution in [2.45, 2.75) is 26.2 Å². The Kier molecular flexibility index (Phi) is 1.99. The van der Waals surface area contributed by atoms with Gasteiger partial charge in [-0.05, 0) is 51.1 Å². The van der Waals surface area contributed by atoms with E-state index in [1.807, 2.05) is 0 Å². The Morgan fingerprint density at radius 1 is 1.45 bits per heavy atom. The minimum atomic E-state index is 0.953. The van der Waals surface area contributed by atoms with Crippen molar-refractivity contribution in [3.63, 3.8) is 0 Å². The molecule has 62 valence electrons. The normalized spacial score (nSPS) is 37.7. The molecule has 2 atom stereocenters. The fraction of sp³-hybridized carbons (Fsp3) is 0.800. The predicted octanol–water partition coefficient (Wildman–Crippen LogP) is 1.95. The highest BCUT2D eigenvalue weighted by Gasteiger charge is 2.26. The van der Waals surface area contributed by atoms with Crippen molar-refractivity contribution in [2.75, 3.05) is 13.1 Å². The number of fused-ring (bicyclic) bond motifs is 1.